The zero-order valence-electron chi connectivity index (χ0n) is 14.3. The van der Waals surface area contributed by atoms with Gasteiger partial charge in [0.05, 0.1) is 17.1 Å². The molecule has 0 atom stereocenters. The Kier molecular flexibility index (Phi) is 5.68. The Morgan fingerprint density at radius 2 is 1.93 bits per heavy atom. The minimum absolute atomic E-state index is 0.111. The lowest BCUT2D eigenvalue weighted by Gasteiger charge is -2.17. The van der Waals surface area contributed by atoms with Gasteiger partial charge in [-0.25, -0.2) is 18.1 Å². The summed E-state index contributed by atoms with van der Waals surface area (Å²) in [5.41, 5.74) is 0.431. The highest BCUT2D eigenvalue weighted by atomic mass is 79.9. The molecule has 1 N–H and O–H groups in total. The van der Waals surface area contributed by atoms with E-state index >= 15 is 0 Å². The van der Waals surface area contributed by atoms with E-state index in [9.17, 15) is 13.2 Å². The molecule has 0 fully saturated rings. The molecule has 1 aromatic carbocycles. The quantitative estimate of drug-likeness (QED) is 0.622. The number of rotatable bonds is 6. The summed E-state index contributed by atoms with van der Waals surface area (Å²) in [5.74, 6) is -0.0473. The molecule has 0 aliphatic heterocycles. The fourth-order valence-electron chi connectivity index (χ4n) is 2.33. The van der Waals surface area contributed by atoms with Crippen molar-refractivity contribution in [1.82, 2.24) is 19.1 Å². The van der Waals surface area contributed by atoms with Crippen molar-refractivity contribution in [3.05, 3.63) is 65.5 Å². The van der Waals surface area contributed by atoms with E-state index in [2.05, 4.69) is 31.3 Å². The average molecular weight is 450 g/mol. The molecule has 0 aliphatic carbocycles. The molecule has 0 spiro atoms. The summed E-state index contributed by atoms with van der Waals surface area (Å²) in [4.78, 5) is 16.7. The Morgan fingerprint density at radius 1 is 1.19 bits per heavy atom. The van der Waals surface area contributed by atoms with Crippen molar-refractivity contribution < 1.29 is 13.2 Å². The molecule has 3 aromatic rings. The maximum absolute atomic E-state index is 12.6. The van der Waals surface area contributed by atoms with Crippen LogP contribution < -0.4 is 5.32 Å². The van der Waals surface area contributed by atoms with Crippen LogP contribution in [0.2, 0.25) is 0 Å². The van der Waals surface area contributed by atoms with Crippen LogP contribution in [-0.2, 0) is 14.8 Å². The molecule has 0 bridgehead atoms. The Hall–Kier alpha value is -2.56. The highest BCUT2D eigenvalue weighted by Gasteiger charge is 2.23. The Balaban J connectivity index is 1.74. The first-order chi connectivity index (χ1) is 12.9. The molecule has 140 valence electrons. The van der Waals surface area contributed by atoms with Gasteiger partial charge in [-0.1, -0.05) is 15.9 Å². The number of hydrogen-bond donors (Lipinski definition) is 1. The summed E-state index contributed by atoms with van der Waals surface area (Å²) in [7, 11) is -2.42. The van der Waals surface area contributed by atoms with Crippen LogP contribution in [0.3, 0.4) is 0 Å². The van der Waals surface area contributed by atoms with Gasteiger partial charge in [-0.15, -0.1) is 0 Å². The van der Waals surface area contributed by atoms with Gasteiger partial charge in [-0.2, -0.15) is 9.40 Å². The van der Waals surface area contributed by atoms with E-state index < -0.39 is 15.9 Å². The third-order valence-corrected chi connectivity index (χ3v) is 6.02. The standard InChI is InChI=1S/C17H16BrN5O3S/c1-22(27(25,26)14-7-5-13(18)6-8-14)12-16(24)21-15-4-2-9-19-17(15)23-11-3-10-20-23/h2-11H,12H2,1H3,(H,21,24). The summed E-state index contributed by atoms with van der Waals surface area (Å²) in [5, 5.41) is 6.78. The first-order valence-electron chi connectivity index (χ1n) is 7.85. The maximum atomic E-state index is 12.6. The molecule has 0 unspecified atom stereocenters. The van der Waals surface area contributed by atoms with Crippen LogP contribution in [0.4, 0.5) is 5.69 Å². The van der Waals surface area contributed by atoms with Gasteiger partial charge in [0.25, 0.3) is 0 Å². The predicted molar refractivity (Wildman–Crippen MR) is 104 cm³/mol. The number of likely N-dealkylation sites (N-methyl/N-ethyl adjacent to an activating group) is 1. The monoisotopic (exact) mass is 449 g/mol. The first-order valence-corrected chi connectivity index (χ1v) is 10.1. The first kappa shape index (κ1) is 19.2. The molecular formula is C17H16BrN5O3S. The van der Waals surface area contributed by atoms with Crippen LogP contribution >= 0.6 is 15.9 Å². The van der Waals surface area contributed by atoms with Crippen molar-refractivity contribution >= 4 is 37.5 Å². The second-order valence-electron chi connectivity index (χ2n) is 5.59. The molecule has 10 heteroatoms. The number of nitrogens with zero attached hydrogens (tertiary/aromatic N) is 4. The fraction of sp³-hybridized carbons (Fsp3) is 0.118. The van der Waals surface area contributed by atoms with E-state index in [0.717, 1.165) is 8.78 Å². The van der Waals surface area contributed by atoms with E-state index in [-0.39, 0.29) is 11.4 Å². The van der Waals surface area contributed by atoms with Crippen LogP contribution in [0.15, 0.2) is 70.4 Å². The van der Waals surface area contributed by atoms with Crippen LogP contribution in [0.25, 0.3) is 5.82 Å². The Morgan fingerprint density at radius 3 is 2.59 bits per heavy atom. The van der Waals surface area contributed by atoms with E-state index in [0.29, 0.717) is 11.5 Å². The molecule has 0 saturated heterocycles. The predicted octanol–water partition coefficient (Wildman–Crippen LogP) is 2.29. The van der Waals surface area contributed by atoms with Crippen LogP contribution in [0.5, 0.6) is 0 Å². The van der Waals surface area contributed by atoms with Crippen molar-refractivity contribution in [1.29, 1.82) is 0 Å². The van der Waals surface area contributed by atoms with E-state index in [1.807, 2.05) is 0 Å². The molecule has 1 amide bonds. The van der Waals surface area contributed by atoms with Gasteiger partial charge < -0.3 is 5.32 Å². The zero-order chi connectivity index (χ0) is 19.4. The number of nitrogens with one attached hydrogen (secondary N) is 1. The van der Waals surface area contributed by atoms with Crippen molar-refractivity contribution in [2.45, 2.75) is 4.90 Å². The average Bonchev–Trinajstić information content (AvgIpc) is 3.17. The number of sulfonamides is 1. The number of carbonyl (C=O) groups is 1. The maximum Gasteiger partial charge on any atom is 0.243 e. The normalized spacial score (nSPS) is 11.5. The molecule has 2 heterocycles. The number of benzene rings is 1. The number of anilines is 1. The van der Waals surface area contributed by atoms with Crippen LogP contribution in [0, 0.1) is 0 Å². The number of carbonyl (C=O) groups excluding carboxylic acids is 1. The summed E-state index contributed by atoms with van der Waals surface area (Å²) >= 11 is 3.26. The number of aromatic nitrogens is 3. The summed E-state index contributed by atoms with van der Waals surface area (Å²) in [6.07, 6.45) is 4.87. The largest absolute Gasteiger partial charge is 0.322 e. The summed E-state index contributed by atoms with van der Waals surface area (Å²) in [6, 6.07) is 11.3. The third-order valence-electron chi connectivity index (χ3n) is 3.67. The lowest BCUT2D eigenvalue weighted by atomic mass is 10.3. The summed E-state index contributed by atoms with van der Waals surface area (Å²) in [6.45, 7) is -0.341. The van der Waals surface area contributed by atoms with Gasteiger partial charge in [-0.05, 0) is 42.5 Å². The van der Waals surface area contributed by atoms with Gasteiger partial charge in [-0.3, -0.25) is 4.79 Å². The SMILES string of the molecule is CN(CC(=O)Nc1cccnc1-n1cccn1)S(=O)(=O)c1ccc(Br)cc1. The van der Waals surface area contributed by atoms with Crippen molar-refractivity contribution in [2.75, 3.05) is 18.9 Å². The lowest BCUT2D eigenvalue weighted by Crippen LogP contribution is -2.35. The van der Waals surface area contributed by atoms with Crippen molar-refractivity contribution in [2.24, 2.45) is 0 Å². The molecule has 3 rings (SSSR count). The molecule has 0 aliphatic rings. The van der Waals surface area contributed by atoms with Crippen molar-refractivity contribution in [3.8, 4) is 5.82 Å². The van der Waals surface area contributed by atoms with E-state index in [4.69, 9.17) is 0 Å². The van der Waals surface area contributed by atoms with Crippen LogP contribution in [0.1, 0.15) is 0 Å². The smallest absolute Gasteiger partial charge is 0.243 e. The van der Waals surface area contributed by atoms with Gasteiger partial charge in [0, 0.05) is 30.1 Å². The van der Waals surface area contributed by atoms with Gasteiger partial charge >= 0.3 is 0 Å². The van der Waals surface area contributed by atoms with Crippen LogP contribution in [-0.4, -0.2) is 47.0 Å². The highest BCUT2D eigenvalue weighted by Crippen LogP contribution is 2.19. The second-order valence-corrected chi connectivity index (χ2v) is 8.55. The molecule has 0 saturated carbocycles. The molecule has 0 radical (unpaired) electrons. The van der Waals surface area contributed by atoms with Gasteiger partial charge in [0.15, 0.2) is 5.82 Å². The van der Waals surface area contributed by atoms with E-state index in [1.165, 1.54) is 23.9 Å². The van der Waals surface area contributed by atoms with Gasteiger partial charge in [0.2, 0.25) is 15.9 Å². The molecule has 27 heavy (non-hydrogen) atoms. The Bertz CT molecular complexity index is 1040. The Labute approximate surface area is 165 Å². The molecule has 8 nitrogen and oxygen atoms in total. The number of pyridine rings is 1. The minimum Gasteiger partial charge on any atom is -0.322 e. The lowest BCUT2D eigenvalue weighted by molar-refractivity contribution is -0.116. The minimum atomic E-state index is -3.78. The molecular weight excluding hydrogens is 434 g/mol. The zero-order valence-corrected chi connectivity index (χ0v) is 16.7. The van der Waals surface area contributed by atoms with Gasteiger partial charge in [0.1, 0.15) is 0 Å². The summed E-state index contributed by atoms with van der Waals surface area (Å²) < 4.78 is 28.5. The van der Waals surface area contributed by atoms with Crippen molar-refractivity contribution in [3.63, 3.8) is 0 Å². The third kappa shape index (κ3) is 4.41. The molecule has 2 aromatic heterocycles. The number of amides is 1. The highest BCUT2D eigenvalue weighted by molar-refractivity contribution is 9.10. The second kappa shape index (κ2) is 7.99. The fourth-order valence-corrected chi connectivity index (χ4v) is 3.73. The number of hydrogen-bond acceptors (Lipinski definition) is 5. The van der Waals surface area contributed by atoms with E-state index in [1.54, 1.807) is 48.9 Å². The topological polar surface area (TPSA) is 97.2 Å². The number of halogens is 1.